The summed E-state index contributed by atoms with van der Waals surface area (Å²) in [7, 11) is 0. The Labute approximate surface area is 200 Å². The fourth-order valence-corrected chi connectivity index (χ4v) is 7.59. The Morgan fingerprint density at radius 3 is 2.56 bits per heavy atom. The molecule has 188 valence electrons. The normalized spacial score (nSPS) is 37.5. The zero-order valence-corrected chi connectivity index (χ0v) is 20.2. The summed E-state index contributed by atoms with van der Waals surface area (Å²) in [5.74, 6) is -0.447. The Hall–Kier alpha value is -2.22. The van der Waals surface area contributed by atoms with Crippen LogP contribution in [0.2, 0.25) is 0 Å². The zero-order valence-electron chi connectivity index (χ0n) is 20.2. The quantitative estimate of drug-likeness (QED) is 0.483. The highest BCUT2D eigenvalue weighted by atomic mass is 16.5. The van der Waals surface area contributed by atoms with E-state index in [0.717, 1.165) is 44.9 Å². The summed E-state index contributed by atoms with van der Waals surface area (Å²) >= 11 is 0. The molecule has 0 radical (unpaired) electrons. The van der Waals surface area contributed by atoms with E-state index in [4.69, 9.17) is 14.9 Å². The van der Waals surface area contributed by atoms with Crippen molar-refractivity contribution in [1.29, 1.82) is 0 Å². The molecule has 0 unspecified atom stereocenters. The van der Waals surface area contributed by atoms with Crippen LogP contribution in [0.1, 0.15) is 78.1 Å². The summed E-state index contributed by atoms with van der Waals surface area (Å²) in [6, 6.07) is -1.37. The van der Waals surface area contributed by atoms with E-state index in [1.54, 1.807) is 0 Å². The summed E-state index contributed by atoms with van der Waals surface area (Å²) in [5.41, 5.74) is 1.38. The van der Waals surface area contributed by atoms with Gasteiger partial charge in [0.25, 0.3) is 0 Å². The minimum absolute atomic E-state index is 0.0769. The summed E-state index contributed by atoms with van der Waals surface area (Å²) in [5, 5.41) is 20.1. The molecule has 0 aromatic rings. The van der Waals surface area contributed by atoms with Crippen molar-refractivity contribution in [1.82, 2.24) is 5.32 Å². The first-order valence-corrected chi connectivity index (χ1v) is 12.6. The molecule has 1 amide bonds. The molecule has 8 heteroatoms. The fraction of sp³-hybridized carbons (Fsp3) is 0.769. The molecule has 0 saturated heterocycles. The Morgan fingerprint density at radius 2 is 1.85 bits per heavy atom. The molecule has 7 atom stereocenters. The molecule has 4 aliphatic carbocycles. The molecule has 3 fully saturated rings. The number of nitrogens with one attached hydrogen (secondary N) is 1. The fourth-order valence-electron chi connectivity index (χ4n) is 7.59. The van der Waals surface area contributed by atoms with E-state index in [2.05, 4.69) is 19.2 Å². The van der Waals surface area contributed by atoms with Crippen LogP contribution in [0.4, 0.5) is 0 Å². The maximum Gasteiger partial charge on any atom is 0.328 e. The van der Waals surface area contributed by atoms with Gasteiger partial charge in [-0.05, 0) is 74.2 Å². The van der Waals surface area contributed by atoms with E-state index in [-0.39, 0.29) is 35.6 Å². The van der Waals surface area contributed by atoms with Crippen molar-refractivity contribution in [2.45, 2.75) is 90.2 Å². The second kappa shape index (κ2) is 9.44. The number of ketones is 1. The van der Waals surface area contributed by atoms with Crippen molar-refractivity contribution < 1.29 is 34.1 Å². The number of aliphatic carboxylic acids is 1. The molecule has 0 aliphatic heterocycles. The zero-order chi connectivity index (χ0) is 24.7. The number of carboxylic acid groups (broad SMARTS) is 1. The van der Waals surface area contributed by atoms with Gasteiger partial charge in [-0.2, -0.15) is 0 Å². The molecular weight excluding hydrogens is 438 g/mol. The van der Waals surface area contributed by atoms with E-state index in [1.807, 2.05) is 6.08 Å². The number of esters is 1. The van der Waals surface area contributed by atoms with E-state index >= 15 is 0 Å². The first-order valence-electron chi connectivity index (χ1n) is 12.6. The number of hydrogen-bond acceptors (Lipinski definition) is 6. The van der Waals surface area contributed by atoms with Gasteiger partial charge < -0.3 is 20.3 Å². The SMILES string of the molecule is C[C@]12CC[C@H]3[C@@H](CCC4=CC(=O)CC[C@@]43C)[C@@H]1CC[C@H]2OC(=O)CCC(=O)N[C@H](CO)C(=O)O. The highest BCUT2D eigenvalue weighted by Gasteiger charge is 2.59. The molecule has 0 aromatic heterocycles. The van der Waals surface area contributed by atoms with Crippen LogP contribution in [0.5, 0.6) is 0 Å². The molecule has 34 heavy (non-hydrogen) atoms. The topological polar surface area (TPSA) is 130 Å². The average Bonchev–Trinajstić information content (AvgIpc) is 3.12. The van der Waals surface area contributed by atoms with Crippen LogP contribution in [0.25, 0.3) is 0 Å². The number of amides is 1. The number of rotatable bonds is 7. The van der Waals surface area contributed by atoms with Crippen LogP contribution < -0.4 is 5.32 Å². The van der Waals surface area contributed by atoms with Crippen molar-refractivity contribution in [2.24, 2.45) is 28.6 Å². The van der Waals surface area contributed by atoms with Crippen molar-refractivity contribution in [2.75, 3.05) is 6.61 Å². The smallest absolute Gasteiger partial charge is 0.328 e. The minimum atomic E-state index is -1.37. The van der Waals surface area contributed by atoms with Crippen LogP contribution in [0.3, 0.4) is 0 Å². The van der Waals surface area contributed by atoms with Crippen LogP contribution in [-0.2, 0) is 23.9 Å². The van der Waals surface area contributed by atoms with Crippen molar-refractivity contribution in [3.8, 4) is 0 Å². The van der Waals surface area contributed by atoms with E-state index in [1.165, 1.54) is 5.57 Å². The van der Waals surface area contributed by atoms with Gasteiger partial charge in [0.05, 0.1) is 13.0 Å². The number of carbonyl (C=O) groups is 4. The number of aliphatic hydroxyl groups is 1. The second-order valence-electron chi connectivity index (χ2n) is 11.2. The van der Waals surface area contributed by atoms with Gasteiger partial charge in [0.2, 0.25) is 5.91 Å². The lowest BCUT2D eigenvalue weighted by Crippen LogP contribution is -2.51. The number of fused-ring (bicyclic) bond motifs is 5. The number of ether oxygens (including phenoxy) is 1. The third-order valence-corrected chi connectivity index (χ3v) is 9.52. The highest BCUT2D eigenvalue weighted by molar-refractivity contribution is 5.91. The molecular formula is C26H37NO7. The molecule has 0 aromatic carbocycles. The number of allylic oxidation sites excluding steroid dienone is 1. The van der Waals surface area contributed by atoms with Gasteiger partial charge in [0, 0.05) is 18.3 Å². The molecule has 0 bridgehead atoms. The molecule has 0 spiro atoms. The number of carboxylic acids is 1. The number of hydrogen-bond donors (Lipinski definition) is 3. The first kappa shape index (κ1) is 24.9. The van der Waals surface area contributed by atoms with Gasteiger partial charge in [-0.1, -0.05) is 19.4 Å². The maximum absolute atomic E-state index is 12.6. The number of carbonyl (C=O) groups excluding carboxylic acids is 3. The van der Waals surface area contributed by atoms with Crippen LogP contribution in [-0.4, -0.2) is 52.6 Å². The first-order chi connectivity index (χ1) is 16.1. The van der Waals surface area contributed by atoms with Crippen LogP contribution in [0, 0.1) is 28.6 Å². The predicted octanol–water partition coefficient (Wildman–Crippen LogP) is 2.77. The lowest BCUT2D eigenvalue weighted by atomic mass is 9.47. The minimum Gasteiger partial charge on any atom is -0.480 e. The van der Waals surface area contributed by atoms with Crippen molar-refractivity contribution in [3.05, 3.63) is 11.6 Å². The molecule has 3 N–H and O–H groups in total. The van der Waals surface area contributed by atoms with Gasteiger partial charge in [0.1, 0.15) is 12.1 Å². The van der Waals surface area contributed by atoms with Gasteiger partial charge in [-0.3, -0.25) is 14.4 Å². The summed E-state index contributed by atoms with van der Waals surface area (Å²) < 4.78 is 5.90. The lowest BCUT2D eigenvalue weighted by molar-refractivity contribution is -0.160. The van der Waals surface area contributed by atoms with Crippen LogP contribution in [0.15, 0.2) is 11.6 Å². The monoisotopic (exact) mass is 475 g/mol. The highest BCUT2D eigenvalue weighted by Crippen LogP contribution is 2.65. The average molecular weight is 476 g/mol. The molecule has 3 saturated carbocycles. The second-order valence-corrected chi connectivity index (χ2v) is 11.2. The summed E-state index contributed by atoms with van der Waals surface area (Å²) in [6.45, 7) is 3.90. The molecule has 4 aliphatic rings. The van der Waals surface area contributed by atoms with E-state index in [9.17, 15) is 19.2 Å². The van der Waals surface area contributed by atoms with Crippen molar-refractivity contribution >= 4 is 23.6 Å². The summed E-state index contributed by atoms with van der Waals surface area (Å²) in [6.07, 6.45) is 9.05. The third-order valence-electron chi connectivity index (χ3n) is 9.52. The van der Waals surface area contributed by atoms with Gasteiger partial charge in [-0.25, -0.2) is 4.79 Å². The van der Waals surface area contributed by atoms with E-state index < -0.39 is 30.5 Å². The standard InChI is InChI=1S/C26H37NO7/c1-25-11-9-16(29)13-15(25)3-4-17-18-5-6-21(26(18,2)12-10-19(17)25)34-23(31)8-7-22(30)27-20(14-28)24(32)33/h13,17-21,28H,3-12,14H2,1-2H3,(H,27,30)(H,32,33)/t17-,18-,19-,20+,21+,25-,26-/m0/s1. The van der Waals surface area contributed by atoms with Gasteiger partial charge in [-0.15, -0.1) is 0 Å². The van der Waals surface area contributed by atoms with Gasteiger partial charge >= 0.3 is 11.9 Å². The molecule has 4 rings (SSSR count). The Balaban J connectivity index is 1.35. The molecule has 0 heterocycles. The lowest BCUT2D eigenvalue weighted by Gasteiger charge is -2.57. The predicted molar refractivity (Wildman–Crippen MR) is 122 cm³/mol. The third kappa shape index (κ3) is 4.41. The largest absolute Gasteiger partial charge is 0.480 e. The Kier molecular flexibility index (Phi) is 6.91. The Bertz CT molecular complexity index is 898. The number of aliphatic hydroxyl groups excluding tert-OH is 1. The van der Waals surface area contributed by atoms with Crippen LogP contribution >= 0.6 is 0 Å². The van der Waals surface area contributed by atoms with Gasteiger partial charge in [0.15, 0.2) is 5.78 Å². The summed E-state index contributed by atoms with van der Waals surface area (Å²) in [4.78, 5) is 47.4. The van der Waals surface area contributed by atoms with Crippen molar-refractivity contribution in [3.63, 3.8) is 0 Å². The van der Waals surface area contributed by atoms with E-state index in [0.29, 0.717) is 24.2 Å². The molecule has 8 nitrogen and oxygen atoms in total. The Morgan fingerprint density at radius 1 is 1.09 bits per heavy atom. The maximum atomic E-state index is 12.6.